The quantitative estimate of drug-likeness (QED) is 0.683. The Bertz CT molecular complexity index is 496. The largest absolute Gasteiger partial charge is 0.412 e. The second-order valence-electron chi connectivity index (χ2n) is 5.66. The van der Waals surface area contributed by atoms with E-state index in [0.717, 1.165) is 18.4 Å². The van der Waals surface area contributed by atoms with E-state index in [-0.39, 0.29) is 25.0 Å². The smallest absolute Gasteiger partial charge is 0.370 e. The first-order valence-electron chi connectivity index (χ1n) is 7.54. The molecule has 1 saturated heterocycles. The first-order valence-corrected chi connectivity index (χ1v) is 7.54. The lowest BCUT2D eigenvalue weighted by Crippen LogP contribution is -2.26. The summed E-state index contributed by atoms with van der Waals surface area (Å²) in [4.78, 5) is 0. The standard InChI is InChI=1S/C17H20F4O/c1-2-3-12-4-6-13(7-5-12)14-8-9-16(22-11-14)15(18)10-17(19,20)21/h4-7,10,14,16H,2-3,8-9,11H2,1H3. The van der Waals surface area contributed by atoms with Gasteiger partial charge in [-0.3, -0.25) is 0 Å². The van der Waals surface area contributed by atoms with Gasteiger partial charge in [0.05, 0.1) is 12.7 Å². The van der Waals surface area contributed by atoms with Crippen molar-refractivity contribution >= 4 is 0 Å². The average molecular weight is 316 g/mol. The molecule has 0 amide bonds. The van der Waals surface area contributed by atoms with Crippen LogP contribution < -0.4 is 0 Å². The fraction of sp³-hybridized carbons (Fsp3) is 0.529. The molecule has 0 radical (unpaired) electrons. The van der Waals surface area contributed by atoms with Crippen molar-refractivity contribution < 1.29 is 22.3 Å². The van der Waals surface area contributed by atoms with Gasteiger partial charge < -0.3 is 4.74 Å². The molecule has 1 fully saturated rings. The molecule has 2 rings (SSSR count). The van der Waals surface area contributed by atoms with Gasteiger partial charge in [0.1, 0.15) is 11.9 Å². The van der Waals surface area contributed by atoms with Crippen molar-refractivity contribution in [2.75, 3.05) is 6.61 Å². The monoisotopic (exact) mass is 316 g/mol. The Morgan fingerprint density at radius 2 is 1.91 bits per heavy atom. The molecule has 1 aromatic rings. The van der Waals surface area contributed by atoms with Gasteiger partial charge in [0.25, 0.3) is 0 Å². The molecule has 0 aromatic heterocycles. The van der Waals surface area contributed by atoms with Gasteiger partial charge in [-0.15, -0.1) is 0 Å². The predicted molar refractivity (Wildman–Crippen MR) is 77.4 cm³/mol. The topological polar surface area (TPSA) is 9.23 Å². The molecule has 1 heterocycles. The minimum atomic E-state index is -4.64. The minimum Gasteiger partial charge on any atom is -0.370 e. The Morgan fingerprint density at radius 3 is 2.41 bits per heavy atom. The van der Waals surface area contributed by atoms with Crippen molar-refractivity contribution in [2.24, 2.45) is 0 Å². The Hall–Kier alpha value is -1.36. The van der Waals surface area contributed by atoms with Gasteiger partial charge in [-0.1, -0.05) is 37.6 Å². The number of allylic oxidation sites excluding steroid dienone is 1. The maximum Gasteiger partial charge on any atom is 0.412 e. The normalized spacial score (nSPS) is 23.6. The molecule has 1 aromatic carbocycles. The summed E-state index contributed by atoms with van der Waals surface area (Å²) in [7, 11) is 0. The highest BCUT2D eigenvalue weighted by molar-refractivity contribution is 5.26. The molecular formula is C17H20F4O. The van der Waals surface area contributed by atoms with E-state index < -0.39 is 18.1 Å². The number of alkyl halides is 3. The summed E-state index contributed by atoms with van der Waals surface area (Å²) in [5.74, 6) is -1.12. The van der Waals surface area contributed by atoms with Crippen molar-refractivity contribution in [1.29, 1.82) is 0 Å². The summed E-state index contributed by atoms with van der Waals surface area (Å²) in [6, 6.07) is 8.19. The lowest BCUT2D eigenvalue weighted by Gasteiger charge is -2.28. The van der Waals surface area contributed by atoms with Crippen LogP contribution in [-0.2, 0) is 11.2 Å². The molecule has 122 valence electrons. The Kier molecular flexibility index (Phi) is 5.62. The second-order valence-corrected chi connectivity index (χ2v) is 5.66. The third-order valence-corrected chi connectivity index (χ3v) is 3.87. The van der Waals surface area contributed by atoms with E-state index in [2.05, 4.69) is 19.1 Å². The number of hydrogen-bond acceptors (Lipinski definition) is 1. The zero-order chi connectivity index (χ0) is 16.2. The number of hydrogen-bond donors (Lipinski definition) is 0. The van der Waals surface area contributed by atoms with Crippen LogP contribution >= 0.6 is 0 Å². The maximum absolute atomic E-state index is 13.5. The molecule has 0 saturated carbocycles. The van der Waals surface area contributed by atoms with Crippen LogP contribution in [0.3, 0.4) is 0 Å². The molecule has 2 unspecified atom stereocenters. The highest BCUT2D eigenvalue weighted by Gasteiger charge is 2.31. The second kappa shape index (κ2) is 7.27. The van der Waals surface area contributed by atoms with Crippen LogP contribution in [0.1, 0.15) is 43.2 Å². The van der Waals surface area contributed by atoms with Gasteiger partial charge in [0, 0.05) is 5.92 Å². The summed E-state index contributed by atoms with van der Waals surface area (Å²) in [5, 5.41) is 0. The molecule has 2 atom stereocenters. The first kappa shape index (κ1) is 17.0. The third kappa shape index (κ3) is 4.83. The van der Waals surface area contributed by atoms with Gasteiger partial charge in [-0.05, 0) is 30.4 Å². The van der Waals surface area contributed by atoms with Crippen LogP contribution in [0, 0.1) is 0 Å². The van der Waals surface area contributed by atoms with Gasteiger partial charge in [0.15, 0.2) is 0 Å². The number of rotatable bonds is 4. The fourth-order valence-corrected chi connectivity index (χ4v) is 2.73. The molecule has 0 spiro atoms. The first-order chi connectivity index (χ1) is 10.4. The highest BCUT2D eigenvalue weighted by atomic mass is 19.4. The van der Waals surface area contributed by atoms with E-state index in [4.69, 9.17) is 4.74 Å². The maximum atomic E-state index is 13.5. The van der Waals surface area contributed by atoms with Gasteiger partial charge in [-0.2, -0.15) is 13.2 Å². The number of benzene rings is 1. The number of ether oxygens (including phenoxy) is 1. The summed E-state index contributed by atoms with van der Waals surface area (Å²) < 4.78 is 55.1. The average Bonchev–Trinajstić information content (AvgIpc) is 2.47. The van der Waals surface area contributed by atoms with Crippen LogP contribution in [0.4, 0.5) is 17.6 Å². The SMILES string of the molecule is CCCc1ccc(C2CCC(C(F)=CC(F)(F)F)OC2)cc1. The van der Waals surface area contributed by atoms with Crippen molar-refractivity contribution in [3.05, 3.63) is 47.3 Å². The van der Waals surface area contributed by atoms with Crippen LogP contribution in [0.25, 0.3) is 0 Å². The molecule has 0 aliphatic carbocycles. The minimum absolute atomic E-state index is 0.116. The molecule has 1 aliphatic heterocycles. The van der Waals surface area contributed by atoms with Gasteiger partial charge in [0.2, 0.25) is 0 Å². The van der Waals surface area contributed by atoms with Crippen molar-refractivity contribution in [3.8, 4) is 0 Å². The van der Waals surface area contributed by atoms with Crippen molar-refractivity contribution in [1.82, 2.24) is 0 Å². The lowest BCUT2D eigenvalue weighted by atomic mass is 9.90. The fourth-order valence-electron chi connectivity index (χ4n) is 2.73. The molecule has 22 heavy (non-hydrogen) atoms. The van der Waals surface area contributed by atoms with E-state index in [9.17, 15) is 17.6 Å². The zero-order valence-electron chi connectivity index (χ0n) is 12.5. The van der Waals surface area contributed by atoms with E-state index >= 15 is 0 Å². The molecule has 0 bridgehead atoms. The predicted octanol–water partition coefficient (Wildman–Crippen LogP) is 5.32. The van der Waals surface area contributed by atoms with Gasteiger partial charge >= 0.3 is 6.18 Å². The van der Waals surface area contributed by atoms with Crippen molar-refractivity contribution in [3.63, 3.8) is 0 Å². The Labute approximate surface area is 128 Å². The van der Waals surface area contributed by atoms with E-state index in [0.29, 0.717) is 6.42 Å². The number of halogens is 4. The molecule has 1 aliphatic rings. The van der Waals surface area contributed by atoms with E-state index in [1.807, 2.05) is 12.1 Å². The van der Waals surface area contributed by atoms with Gasteiger partial charge in [-0.25, -0.2) is 4.39 Å². The summed E-state index contributed by atoms with van der Waals surface area (Å²) in [6.07, 6.45) is -3.03. The summed E-state index contributed by atoms with van der Waals surface area (Å²) in [5.41, 5.74) is 2.36. The highest BCUT2D eigenvalue weighted by Crippen LogP contribution is 2.32. The summed E-state index contributed by atoms with van der Waals surface area (Å²) in [6.45, 7) is 2.36. The third-order valence-electron chi connectivity index (χ3n) is 3.87. The Morgan fingerprint density at radius 1 is 1.23 bits per heavy atom. The number of aryl methyl sites for hydroxylation is 1. The lowest BCUT2D eigenvalue weighted by molar-refractivity contribution is -0.0841. The van der Waals surface area contributed by atoms with E-state index in [1.165, 1.54) is 5.56 Å². The molecule has 5 heteroatoms. The van der Waals surface area contributed by atoms with Crippen LogP contribution in [0.15, 0.2) is 36.2 Å². The van der Waals surface area contributed by atoms with Crippen LogP contribution in [0.5, 0.6) is 0 Å². The molecule has 1 nitrogen and oxygen atoms in total. The van der Waals surface area contributed by atoms with Crippen LogP contribution in [-0.4, -0.2) is 18.9 Å². The molecular weight excluding hydrogens is 296 g/mol. The molecule has 0 N–H and O–H groups in total. The zero-order valence-corrected chi connectivity index (χ0v) is 12.5. The van der Waals surface area contributed by atoms with E-state index in [1.54, 1.807) is 0 Å². The Balaban J connectivity index is 1.93. The van der Waals surface area contributed by atoms with Crippen molar-refractivity contribution in [2.45, 2.75) is 50.8 Å². The summed E-state index contributed by atoms with van der Waals surface area (Å²) >= 11 is 0. The van der Waals surface area contributed by atoms with Crippen LogP contribution in [0.2, 0.25) is 0 Å².